The fraction of sp³-hybridized carbons (Fsp3) is 0.200. The molecule has 4 rings (SSSR count). The number of sulfone groups is 1. The molecule has 2 aromatic heterocycles. The summed E-state index contributed by atoms with van der Waals surface area (Å²) in [4.78, 5) is 0. The topological polar surface area (TPSA) is 128 Å². The number of nitrogens with one attached hydrogen (secondary N) is 2. The predicted octanol–water partition coefficient (Wildman–Crippen LogP) is 4.01. The van der Waals surface area contributed by atoms with E-state index >= 15 is 0 Å². The Labute approximate surface area is 198 Å². The summed E-state index contributed by atoms with van der Waals surface area (Å²) >= 11 is 2.37. The molecule has 0 saturated carbocycles. The summed E-state index contributed by atoms with van der Waals surface area (Å²) in [5.74, 6) is 1.03. The van der Waals surface area contributed by atoms with Gasteiger partial charge in [0.1, 0.15) is 33.0 Å². The van der Waals surface area contributed by atoms with Crippen LogP contribution in [0.4, 0.5) is 21.6 Å². The van der Waals surface area contributed by atoms with Gasteiger partial charge in [0.2, 0.25) is 10.3 Å². The zero-order chi connectivity index (χ0) is 23.3. The normalized spacial score (nSPS) is 11.2. The number of anilines is 4. The van der Waals surface area contributed by atoms with E-state index in [9.17, 15) is 8.42 Å². The first-order chi connectivity index (χ1) is 15.9. The minimum atomic E-state index is -3.50. The van der Waals surface area contributed by atoms with Crippen molar-refractivity contribution >= 4 is 54.1 Å². The fourth-order valence-corrected chi connectivity index (χ4v) is 6.38. The van der Waals surface area contributed by atoms with Gasteiger partial charge in [0.15, 0.2) is 9.84 Å². The molecule has 4 aromatic rings. The molecule has 2 aromatic carbocycles. The molecule has 172 valence electrons. The van der Waals surface area contributed by atoms with Crippen LogP contribution < -0.4 is 20.1 Å². The van der Waals surface area contributed by atoms with Crippen LogP contribution in [0.5, 0.6) is 11.5 Å². The van der Waals surface area contributed by atoms with Crippen LogP contribution >= 0.6 is 22.7 Å². The molecule has 0 spiro atoms. The van der Waals surface area contributed by atoms with Crippen molar-refractivity contribution in [2.24, 2.45) is 0 Å². The number of nitrogens with zero attached hydrogens (tertiary/aromatic N) is 4. The third-order valence-electron chi connectivity index (χ3n) is 4.30. The Kier molecular flexibility index (Phi) is 7.01. The molecule has 0 aliphatic heterocycles. The lowest BCUT2D eigenvalue weighted by atomic mass is 10.3. The molecule has 0 atom stereocenters. The molecule has 0 fully saturated rings. The lowest BCUT2D eigenvalue weighted by Crippen LogP contribution is -2.07. The molecular weight excluding hydrogens is 484 g/mol. The van der Waals surface area contributed by atoms with Crippen LogP contribution in [0.25, 0.3) is 0 Å². The summed E-state index contributed by atoms with van der Waals surface area (Å²) in [7, 11) is -0.303. The van der Waals surface area contributed by atoms with E-state index in [-0.39, 0.29) is 11.5 Å². The van der Waals surface area contributed by atoms with Crippen molar-refractivity contribution in [1.82, 2.24) is 20.4 Å². The second-order valence-electron chi connectivity index (χ2n) is 6.74. The predicted molar refractivity (Wildman–Crippen MR) is 129 cm³/mol. The zero-order valence-electron chi connectivity index (χ0n) is 17.7. The van der Waals surface area contributed by atoms with E-state index in [1.807, 2.05) is 48.5 Å². The van der Waals surface area contributed by atoms with Crippen LogP contribution in [-0.4, -0.2) is 43.0 Å². The highest BCUT2D eigenvalue weighted by atomic mass is 32.2. The van der Waals surface area contributed by atoms with Gasteiger partial charge in [-0.25, -0.2) is 8.42 Å². The van der Waals surface area contributed by atoms with Crippen LogP contribution in [0.1, 0.15) is 10.0 Å². The fourth-order valence-electron chi connectivity index (χ4n) is 2.75. The Morgan fingerprint density at radius 3 is 1.45 bits per heavy atom. The number of hydrogen-bond acceptors (Lipinski definition) is 12. The van der Waals surface area contributed by atoms with Crippen LogP contribution in [0, 0.1) is 0 Å². The van der Waals surface area contributed by atoms with Crippen molar-refractivity contribution in [1.29, 1.82) is 0 Å². The SMILES string of the molecule is COc1ccc(Nc2nnc(CS(=O)(=O)Cc3nnc(Nc4ccc(OC)cc4)s3)s2)cc1. The molecular formula is C20H20N6O4S3. The summed E-state index contributed by atoms with van der Waals surface area (Å²) in [5.41, 5.74) is 1.60. The average molecular weight is 505 g/mol. The van der Waals surface area contributed by atoms with Gasteiger partial charge in [0.05, 0.1) is 14.2 Å². The maximum absolute atomic E-state index is 12.7. The highest BCUT2D eigenvalue weighted by Gasteiger charge is 2.19. The van der Waals surface area contributed by atoms with Crippen molar-refractivity contribution in [2.45, 2.75) is 11.5 Å². The summed E-state index contributed by atoms with van der Waals surface area (Å²) < 4.78 is 35.6. The summed E-state index contributed by atoms with van der Waals surface area (Å²) in [5, 5.41) is 24.1. The van der Waals surface area contributed by atoms with E-state index in [4.69, 9.17) is 9.47 Å². The van der Waals surface area contributed by atoms with Crippen LogP contribution in [0.2, 0.25) is 0 Å². The molecule has 0 radical (unpaired) electrons. The first kappa shape index (κ1) is 22.9. The number of benzene rings is 2. The molecule has 2 N–H and O–H groups in total. The van der Waals surface area contributed by atoms with Crippen molar-refractivity contribution in [3.63, 3.8) is 0 Å². The van der Waals surface area contributed by atoms with Crippen molar-refractivity contribution in [3.8, 4) is 11.5 Å². The average Bonchev–Trinajstić information content (AvgIpc) is 3.43. The Morgan fingerprint density at radius 2 is 1.09 bits per heavy atom. The van der Waals surface area contributed by atoms with Crippen LogP contribution in [0.15, 0.2) is 48.5 Å². The molecule has 10 nitrogen and oxygen atoms in total. The maximum Gasteiger partial charge on any atom is 0.210 e. The van der Waals surface area contributed by atoms with Gasteiger partial charge >= 0.3 is 0 Å². The van der Waals surface area contributed by atoms with Gasteiger partial charge < -0.3 is 20.1 Å². The quantitative estimate of drug-likeness (QED) is 0.327. The minimum absolute atomic E-state index is 0.226. The molecule has 0 amide bonds. The van der Waals surface area contributed by atoms with E-state index in [1.54, 1.807) is 14.2 Å². The largest absolute Gasteiger partial charge is 0.497 e. The van der Waals surface area contributed by atoms with Gasteiger partial charge in [-0.15, -0.1) is 20.4 Å². The van der Waals surface area contributed by atoms with E-state index in [2.05, 4.69) is 31.0 Å². The Bertz CT molecular complexity index is 1210. The molecule has 0 bridgehead atoms. The zero-order valence-corrected chi connectivity index (χ0v) is 20.1. The first-order valence-corrected chi connectivity index (χ1v) is 13.1. The summed E-state index contributed by atoms with van der Waals surface area (Å²) in [6.07, 6.45) is 0. The molecule has 2 heterocycles. The summed E-state index contributed by atoms with van der Waals surface area (Å²) in [6.45, 7) is 0. The lowest BCUT2D eigenvalue weighted by molar-refractivity contribution is 0.415. The number of ether oxygens (including phenoxy) is 2. The molecule has 13 heteroatoms. The standard InChI is InChI=1S/C20H20N6O4S3/c1-29-15-7-3-13(4-8-15)21-19-25-23-17(31-19)11-33(27,28)12-18-24-26-20(32-18)22-14-5-9-16(30-2)10-6-14/h3-10H,11-12H2,1-2H3,(H,21,25)(H,22,26). The Hall–Kier alpha value is -3.29. The van der Waals surface area contributed by atoms with Gasteiger partial charge in [-0.2, -0.15) is 0 Å². The van der Waals surface area contributed by atoms with E-state index < -0.39 is 9.84 Å². The van der Waals surface area contributed by atoms with Crippen molar-refractivity contribution in [3.05, 3.63) is 58.5 Å². The van der Waals surface area contributed by atoms with Crippen molar-refractivity contribution < 1.29 is 17.9 Å². The third-order valence-corrected chi connectivity index (χ3v) is 7.77. The van der Waals surface area contributed by atoms with E-state index in [1.165, 1.54) is 22.7 Å². The van der Waals surface area contributed by atoms with E-state index in [0.29, 0.717) is 20.3 Å². The summed E-state index contributed by atoms with van der Waals surface area (Å²) in [6, 6.07) is 14.6. The Balaban J connectivity index is 1.34. The number of methoxy groups -OCH3 is 2. The molecule has 0 unspecified atom stereocenters. The van der Waals surface area contributed by atoms with Gasteiger partial charge in [0.25, 0.3) is 0 Å². The monoisotopic (exact) mass is 504 g/mol. The molecule has 0 aliphatic carbocycles. The highest BCUT2D eigenvalue weighted by Crippen LogP contribution is 2.26. The maximum atomic E-state index is 12.7. The highest BCUT2D eigenvalue weighted by molar-refractivity contribution is 7.90. The molecule has 33 heavy (non-hydrogen) atoms. The lowest BCUT2D eigenvalue weighted by Gasteiger charge is -2.03. The van der Waals surface area contributed by atoms with Crippen LogP contribution in [0.3, 0.4) is 0 Å². The smallest absolute Gasteiger partial charge is 0.210 e. The number of aromatic nitrogens is 4. The Morgan fingerprint density at radius 1 is 0.697 bits per heavy atom. The number of rotatable bonds is 10. The van der Waals surface area contributed by atoms with Gasteiger partial charge in [-0.1, -0.05) is 22.7 Å². The minimum Gasteiger partial charge on any atom is -0.497 e. The second-order valence-corrected chi connectivity index (χ2v) is 10.9. The van der Waals surface area contributed by atoms with Gasteiger partial charge in [-0.3, -0.25) is 0 Å². The molecule has 0 aliphatic rings. The van der Waals surface area contributed by atoms with E-state index in [0.717, 1.165) is 22.9 Å². The van der Waals surface area contributed by atoms with Crippen molar-refractivity contribution in [2.75, 3.05) is 24.9 Å². The van der Waals surface area contributed by atoms with Gasteiger partial charge in [0, 0.05) is 11.4 Å². The molecule has 0 saturated heterocycles. The third kappa shape index (κ3) is 6.37. The first-order valence-electron chi connectivity index (χ1n) is 9.60. The van der Waals surface area contributed by atoms with Gasteiger partial charge in [-0.05, 0) is 48.5 Å². The number of hydrogen-bond donors (Lipinski definition) is 2. The van der Waals surface area contributed by atoms with Crippen LogP contribution in [-0.2, 0) is 21.3 Å². The second kappa shape index (κ2) is 10.1.